The number of aliphatic hydroxyl groups is 1. The summed E-state index contributed by atoms with van der Waals surface area (Å²) < 4.78 is 1.45. The molecular weight excluding hydrogens is 301 g/mol. The fourth-order valence-corrected chi connectivity index (χ4v) is 2.56. The number of hydrogen-bond donors (Lipinski definition) is 1. The van der Waals surface area contributed by atoms with Gasteiger partial charge in [0.2, 0.25) is 0 Å². The number of aldehydes is 1. The number of rotatable bonds is 5. The fourth-order valence-electron chi connectivity index (χ4n) is 1.99. The zero-order chi connectivity index (χ0) is 14.8. The fraction of sp³-hybridized carbons (Fsp3) is 0.308. The minimum Gasteiger partial charge on any atom is -0.382 e. The summed E-state index contributed by atoms with van der Waals surface area (Å²) in [7, 11) is 0. The van der Waals surface area contributed by atoms with Crippen LogP contribution in [-0.4, -0.2) is 26.2 Å². The van der Waals surface area contributed by atoms with Gasteiger partial charge in [-0.25, -0.2) is 9.67 Å². The predicted molar refractivity (Wildman–Crippen MR) is 75.6 cm³/mol. The van der Waals surface area contributed by atoms with Crippen molar-refractivity contribution in [2.24, 2.45) is 5.92 Å². The molecule has 0 aliphatic carbocycles. The number of halogens is 2. The Bertz CT molecular complexity index is 604. The van der Waals surface area contributed by atoms with Crippen LogP contribution in [0.5, 0.6) is 0 Å². The highest BCUT2D eigenvalue weighted by Gasteiger charge is 2.38. The molecule has 0 amide bonds. The number of hydrogen-bond acceptors (Lipinski definition) is 4. The molecule has 20 heavy (non-hydrogen) atoms. The lowest BCUT2D eigenvalue weighted by Gasteiger charge is -2.32. The zero-order valence-corrected chi connectivity index (χ0v) is 12.2. The molecule has 0 radical (unpaired) electrons. The van der Waals surface area contributed by atoms with E-state index in [1.54, 1.807) is 19.1 Å². The molecule has 0 fully saturated rings. The van der Waals surface area contributed by atoms with Crippen molar-refractivity contribution < 1.29 is 9.90 Å². The van der Waals surface area contributed by atoms with E-state index in [-0.39, 0.29) is 6.54 Å². The Hall–Kier alpha value is -1.43. The maximum absolute atomic E-state index is 11.2. The third-order valence-corrected chi connectivity index (χ3v) is 3.77. The lowest BCUT2D eigenvalue weighted by molar-refractivity contribution is -0.121. The van der Waals surface area contributed by atoms with E-state index in [4.69, 9.17) is 23.2 Å². The third kappa shape index (κ3) is 2.85. The molecule has 0 saturated carbocycles. The maximum Gasteiger partial charge on any atom is 0.137 e. The monoisotopic (exact) mass is 313 g/mol. The van der Waals surface area contributed by atoms with Gasteiger partial charge in [0, 0.05) is 21.5 Å². The molecule has 1 N–H and O–H groups in total. The van der Waals surface area contributed by atoms with Crippen LogP contribution >= 0.6 is 23.2 Å². The summed E-state index contributed by atoms with van der Waals surface area (Å²) in [5.41, 5.74) is -1.06. The van der Waals surface area contributed by atoms with E-state index < -0.39 is 11.5 Å². The molecule has 106 valence electrons. The topological polar surface area (TPSA) is 68.0 Å². The predicted octanol–water partition coefficient (Wildman–Crippen LogP) is 2.31. The first-order valence-electron chi connectivity index (χ1n) is 5.93. The number of aromatic nitrogens is 3. The molecule has 2 rings (SSSR count). The average molecular weight is 314 g/mol. The normalized spacial score (nSPS) is 15.6. The Labute approximate surface area is 126 Å². The Kier molecular flexibility index (Phi) is 4.42. The quantitative estimate of drug-likeness (QED) is 0.860. The Balaban J connectivity index is 2.48. The molecule has 1 heterocycles. The van der Waals surface area contributed by atoms with Crippen molar-refractivity contribution in [3.63, 3.8) is 0 Å². The largest absolute Gasteiger partial charge is 0.382 e. The molecule has 5 nitrogen and oxygen atoms in total. The molecule has 0 spiro atoms. The van der Waals surface area contributed by atoms with Gasteiger partial charge in [-0.3, -0.25) is 0 Å². The van der Waals surface area contributed by atoms with Crippen LogP contribution in [-0.2, 0) is 16.9 Å². The highest BCUT2D eigenvalue weighted by molar-refractivity contribution is 6.35. The molecule has 1 aromatic heterocycles. The van der Waals surface area contributed by atoms with Crippen LogP contribution < -0.4 is 0 Å². The van der Waals surface area contributed by atoms with Gasteiger partial charge < -0.3 is 9.90 Å². The number of carbonyl (C=O) groups excluding carboxylic acids is 1. The summed E-state index contributed by atoms with van der Waals surface area (Å²) >= 11 is 12.0. The van der Waals surface area contributed by atoms with Crippen LogP contribution in [0.25, 0.3) is 0 Å². The molecule has 0 saturated heterocycles. The van der Waals surface area contributed by atoms with Crippen molar-refractivity contribution >= 4 is 29.5 Å². The van der Waals surface area contributed by atoms with Gasteiger partial charge >= 0.3 is 0 Å². The molecule has 2 aromatic rings. The standard InChI is InChI=1S/C13H13Cl2N3O2/c1-9(5-19)13(20,6-18-8-16-7-17-18)11-3-2-10(14)4-12(11)15/h2-5,7-9,20H,6H2,1H3/t9?,13-/m1/s1. The van der Waals surface area contributed by atoms with Crippen LogP contribution in [0.2, 0.25) is 10.0 Å². The van der Waals surface area contributed by atoms with Gasteiger partial charge in [0.05, 0.1) is 6.54 Å². The highest BCUT2D eigenvalue weighted by Crippen LogP contribution is 2.36. The van der Waals surface area contributed by atoms with Crippen molar-refractivity contribution in [2.45, 2.75) is 19.1 Å². The first-order chi connectivity index (χ1) is 9.47. The second kappa shape index (κ2) is 5.91. The van der Waals surface area contributed by atoms with Gasteiger partial charge in [-0.15, -0.1) is 0 Å². The van der Waals surface area contributed by atoms with Crippen molar-refractivity contribution in [3.05, 3.63) is 46.5 Å². The maximum atomic E-state index is 11.2. The number of carbonyl (C=O) groups is 1. The van der Waals surface area contributed by atoms with Gasteiger partial charge in [0.1, 0.15) is 24.5 Å². The van der Waals surface area contributed by atoms with E-state index in [0.29, 0.717) is 21.9 Å². The van der Waals surface area contributed by atoms with Crippen LogP contribution in [0.3, 0.4) is 0 Å². The van der Waals surface area contributed by atoms with E-state index in [1.165, 1.54) is 23.4 Å². The lowest BCUT2D eigenvalue weighted by Crippen LogP contribution is -2.39. The minimum absolute atomic E-state index is 0.0637. The van der Waals surface area contributed by atoms with Gasteiger partial charge in [-0.05, 0) is 12.1 Å². The first kappa shape index (κ1) is 15.0. The Morgan fingerprint density at radius 2 is 2.25 bits per heavy atom. The third-order valence-electron chi connectivity index (χ3n) is 3.22. The van der Waals surface area contributed by atoms with Gasteiger partial charge in [0.15, 0.2) is 0 Å². The van der Waals surface area contributed by atoms with E-state index in [0.717, 1.165) is 0 Å². The molecule has 1 unspecified atom stereocenters. The summed E-state index contributed by atoms with van der Waals surface area (Å²) in [5.74, 6) is -0.676. The van der Waals surface area contributed by atoms with Crippen molar-refractivity contribution in [2.75, 3.05) is 0 Å². The minimum atomic E-state index is -1.49. The van der Waals surface area contributed by atoms with Gasteiger partial charge in [-0.2, -0.15) is 5.10 Å². The average Bonchev–Trinajstić information content (AvgIpc) is 2.90. The van der Waals surface area contributed by atoms with Crippen molar-refractivity contribution in [1.82, 2.24) is 14.8 Å². The summed E-state index contributed by atoms with van der Waals surface area (Å²) in [6, 6.07) is 4.76. The van der Waals surface area contributed by atoms with Crippen LogP contribution in [0.1, 0.15) is 12.5 Å². The Morgan fingerprint density at radius 1 is 1.50 bits per heavy atom. The second-order valence-corrected chi connectivity index (χ2v) is 5.41. The lowest BCUT2D eigenvalue weighted by atomic mass is 9.83. The van der Waals surface area contributed by atoms with Crippen LogP contribution in [0.15, 0.2) is 30.9 Å². The van der Waals surface area contributed by atoms with E-state index >= 15 is 0 Å². The molecule has 0 bridgehead atoms. The molecule has 7 heteroatoms. The summed E-state index contributed by atoms with van der Waals surface area (Å²) in [5, 5.41) is 15.7. The van der Waals surface area contributed by atoms with E-state index in [9.17, 15) is 9.90 Å². The van der Waals surface area contributed by atoms with Gasteiger partial charge in [0.25, 0.3) is 0 Å². The van der Waals surface area contributed by atoms with Crippen LogP contribution in [0.4, 0.5) is 0 Å². The van der Waals surface area contributed by atoms with Crippen molar-refractivity contribution in [3.8, 4) is 0 Å². The molecule has 0 aliphatic rings. The van der Waals surface area contributed by atoms with E-state index in [2.05, 4.69) is 10.1 Å². The summed E-state index contributed by atoms with van der Waals surface area (Å²) in [4.78, 5) is 15.0. The second-order valence-electron chi connectivity index (χ2n) is 4.57. The summed E-state index contributed by atoms with van der Waals surface area (Å²) in [6.45, 7) is 1.68. The molecule has 0 aliphatic heterocycles. The highest BCUT2D eigenvalue weighted by atomic mass is 35.5. The van der Waals surface area contributed by atoms with Crippen LogP contribution in [0, 0.1) is 5.92 Å². The van der Waals surface area contributed by atoms with Crippen molar-refractivity contribution in [1.29, 1.82) is 0 Å². The number of nitrogens with zero attached hydrogens (tertiary/aromatic N) is 3. The Morgan fingerprint density at radius 3 is 2.80 bits per heavy atom. The van der Waals surface area contributed by atoms with Gasteiger partial charge in [-0.1, -0.05) is 36.2 Å². The molecular formula is C13H13Cl2N3O2. The summed E-state index contributed by atoms with van der Waals surface area (Å²) in [6.07, 6.45) is 3.50. The molecule has 2 atom stereocenters. The number of benzene rings is 1. The first-order valence-corrected chi connectivity index (χ1v) is 6.68. The smallest absolute Gasteiger partial charge is 0.137 e. The SMILES string of the molecule is CC(C=O)[C@](O)(Cn1cncn1)c1ccc(Cl)cc1Cl. The zero-order valence-electron chi connectivity index (χ0n) is 10.7. The van der Waals surface area contributed by atoms with E-state index in [1.807, 2.05) is 0 Å². The molecule has 1 aromatic carbocycles.